The molecule has 3 rings (SSSR count). The number of carbonyl (C=O) groups excluding carboxylic acids is 1. The summed E-state index contributed by atoms with van der Waals surface area (Å²) in [6, 6.07) is 11.0. The molecule has 0 spiro atoms. The Hall–Kier alpha value is -2.51. The van der Waals surface area contributed by atoms with Gasteiger partial charge in [0, 0.05) is 18.5 Å². The first kappa shape index (κ1) is 16.4. The molecule has 0 radical (unpaired) electrons. The topological polar surface area (TPSA) is 75.3 Å². The van der Waals surface area contributed by atoms with Gasteiger partial charge in [-0.25, -0.2) is 4.98 Å². The third-order valence-corrected chi connectivity index (χ3v) is 4.44. The molecule has 0 unspecified atom stereocenters. The van der Waals surface area contributed by atoms with Gasteiger partial charge in [-0.05, 0) is 23.6 Å². The van der Waals surface area contributed by atoms with Crippen molar-refractivity contribution in [3.05, 3.63) is 62.7 Å². The SMILES string of the molecule is COCCN(Cc1cccs1)C(=O)c1nc2ccccc2[nH]c1=O. The predicted molar refractivity (Wildman–Crippen MR) is 93.3 cm³/mol. The zero-order chi connectivity index (χ0) is 16.9. The highest BCUT2D eigenvalue weighted by molar-refractivity contribution is 7.09. The normalized spacial score (nSPS) is 10.9. The van der Waals surface area contributed by atoms with E-state index < -0.39 is 11.5 Å². The van der Waals surface area contributed by atoms with E-state index >= 15 is 0 Å². The highest BCUT2D eigenvalue weighted by Gasteiger charge is 2.21. The summed E-state index contributed by atoms with van der Waals surface area (Å²) in [6.45, 7) is 1.21. The number of H-pyrrole nitrogens is 1. The largest absolute Gasteiger partial charge is 0.383 e. The van der Waals surface area contributed by atoms with Crippen LogP contribution in [0.5, 0.6) is 0 Å². The molecule has 0 aliphatic carbocycles. The lowest BCUT2D eigenvalue weighted by Crippen LogP contribution is -2.37. The summed E-state index contributed by atoms with van der Waals surface area (Å²) in [7, 11) is 1.58. The molecular weight excluding hydrogens is 326 g/mol. The first-order valence-electron chi connectivity index (χ1n) is 7.48. The highest BCUT2D eigenvalue weighted by Crippen LogP contribution is 2.14. The Labute approximate surface area is 142 Å². The first-order valence-corrected chi connectivity index (χ1v) is 8.36. The summed E-state index contributed by atoms with van der Waals surface area (Å²) < 4.78 is 5.08. The van der Waals surface area contributed by atoms with Crippen molar-refractivity contribution in [3.63, 3.8) is 0 Å². The van der Waals surface area contributed by atoms with E-state index in [0.29, 0.717) is 30.7 Å². The van der Waals surface area contributed by atoms with Gasteiger partial charge in [0.25, 0.3) is 11.5 Å². The van der Waals surface area contributed by atoms with E-state index in [4.69, 9.17) is 4.74 Å². The second-order valence-electron chi connectivity index (χ2n) is 5.23. The van der Waals surface area contributed by atoms with Crippen LogP contribution in [0.25, 0.3) is 11.0 Å². The third-order valence-electron chi connectivity index (χ3n) is 3.58. The van der Waals surface area contributed by atoms with Gasteiger partial charge in [-0.2, -0.15) is 0 Å². The van der Waals surface area contributed by atoms with Gasteiger partial charge in [0.15, 0.2) is 5.69 Å². The minimum absolute atomic E-state index is 0.0960. The van der Waals surface area contributed by atoms with E-state index in [2.05, 4.69) is 9.97 Å². The molecule has 7 heteroatoms. The van der Waals surface area contributed by atoms with E-state index in [0.717, 1.165) is 4.88 Å². The summed E-state index contributed by atoms with van der Waals surface area (Å²) in [4.78, 5) is 34.7. The molecular formula is C17H17N3O3S. The minimum atomic E-state index is -0.479. The van der Waals surface area contributed by atoms with E-state index in [1.807, 2.05) is 29.6 Å². The van der Waals surface area contributed by atoms with Crippen molar-refractivity contribution in [1.82, 2.24) is 14.9 Å². The van der Waals surface area contributed by atoms with Crippen LogP contribution in [-0.4, -0.2) is 41.0 Å². The van der Waals surface area contributed by atoms with E-state index in [-0.39, 0.29) is 5.69 Å². The van der Waals surface area contributed by atoms with Gasteiger partial charge in [0.1, 0.15) is 0 Å². The molecule has 124 valence electrons. The van der Waals surface area contributed by atoms with Gasteiger partial charge < -0.3 is 14.6 Å². The van der Waals surface area contributed by atoms with Crippen LogP contribution in [0.4, 0.5) is 0 Å². The average Bonchev–Trinajstić information content (AvgIpc) is 3.10. The van der Waals surface area contributed by atoms with Gasteiger partial charge in [-0.1, -0.05) is 18.2 Å². The maximum absolute atomic E-state index is 12.8. The number of thiophene rings is 1. The van der Waals surface area contributed by atoms with E-state index in [1.54, 1.807) is 35.5 Å². The number of methoxy groups -OCH3 is 1. The molecule has 0 bridgehead atoms. The fraction of sp³-hybridized carbons (Fsp3) is 0.235. The van der Waals surface area contributed by atoms with Gasteiger partial charge in [-0.3, -0.25) is 9.59 Å². The number of para-hydroxylation sites is 2. The molecule has 1 aromatic carbocycles. The van der Waals surface area contributed by atoms with Crippen molar-refractivity contribution in [2.45, 2.75) is 6.54 Å². The van der Waals surface area contributed by atoms with Crippen molar-refractivity contribution >= 4 is 28.3 Å². The van der Waals surface area contributed by atoms with Crippen LogP contribution in [0.15, 0.2) is 46.6 Å². The summed E-state index contributed by atoms with van der Waals surface area (Å²) in [6.07, 6.45) is 0. The second kappa shape index (κ2) is 7.37. The Bertz CT molecular complexity index is 889. The lowest BCUT2D eigenvalue weighted by molar-refractivity contribution is 0.0675. The van der Waals surface area contributed by atoms with Crippen molar-refractivity contribution in [1.29, 1.82) is 0 Å². The number of fused-ring (bicyclic) bond motifs is 1. The average molecular weight is 343 g/mol. The number of carbonyl (C=O) groups is 1. The number of benzene rings is 1. The number of rotatable bonds is 6. The van der Waals surface area contributed by atoms with Crippen molar-refractivity contribution < 1.29 is 9.53 Å². The summed E-state index contributed by atoms with van der Waals surface area (Å²) in [5.74, 6) is -0.396. The summed E-state index contributed by atoms with van der Waals surface area (Å²) in [5, 5.41) is 1.95. The monoisotopic (exact) mass is 343 g/mol. The lowest BCUT2D eigenvalue weighted by Gasteiger charge is -2.21. The van der Waals surface area contributed by atoms with Gasteiger partial charge in [0.05, 0.1) is 24.2 Å². The van der Waals surface area contributed by atoms with Crippen LogP contribution in [0.2, 0.25) is 0 Å². The van der Waals surface area contributed by atoms with Crippen molar-refractivity contribution in [2.75, 3.05) is 20.3 Å². The molecule has 24 heavy (non-hydrogen) atoms. The molecule has 1 amide bonds. The first-order chi connectivity index (χ1) is 11.7. The van der Waals surface area contributed by atoms with Crippen LogP contribution < -0.4 is 5.56 Å². The van der Waals surface area contributed by atoms with E-state index in [1.165, 1.54) is 0 Å². The van der Waals surface area contributed by atoms with Crippen LogP contribution in [0.1, 0.15) is 15.4 Å². The number of aromatic nitrogens is 2. The third kappa shape index (κ3) is 3.52. The molecule has 0 aliphatic heterocycles. The maximum Gasteiger partial charge on any atom is 0.280 e. The fourth-order valence-corrected chi connectivity index (χ4v) is 3.09. The van der Waals surface area contributed by atoms with Crippen LogP contribution in [0.3, 0.4) is 0 Å². The van der Waals surface area contributed by atoms with Gasteiger partial charge in [-0.15, -0.1) is 11.3 Å². The Balaban J connectivity index is 1.93. The Kier molecular flexibility index (Phi) is 5.02. The lowest BCUT2D eigenvalue weighted by atomic mass is 10.2. The number of hydrogen-bond donors (Lipinski definition) is 1. The molecule has 0 atom stereocenters. The summed E-state index contributed by atoms with van der Waals surface area (Å²) in [5.41, 5.74) is 0.623. The minimum Gasteiger partial charge on any atom is -0.383 e. The fourth-order valence-electron chi connectivity index (χ4n) is 2.37. The number of nitrogens with zero attached hydrogens (tertiary/aromatic N) is 2. The highest BCUT2D eigenvalue weighted by atomic mass is 32.1. The van der Waals surface area contributed by atoms with Gasteiger partial charge in [0.2, 0.25) is 0 Å². The Morgan fingerprint density at radius 1 is 1.29 bits per heavy atom. The summed E-state index contributed by atoms with van der Waals surface area (Å²) >= 11 is 1.56. The molecule has 0 saturated carbocycles. The van der Waals surface area contributed by atoms with Crippen molar-refractivity contribution in [2.24, 2.45) is 0 Å². The van der Waals surface area contributed by atoms with E-state index in [9.17, 15) is 9.59 Å². The van der Waals surface area contributed by atoms with Crippen LogP contribution >= 0.6 is 11.3 Å². The number of hydrogen-bond acceptors (Lipinski definition) is 5. The standard InChI is InChI=1S/C17H17N3O3S/c1-23-9-8-20(11-12-5-4-10-24-12)17(22)15-16(21)19-14-7-3-2-6-13(14)18-15/h2-7,10H,8-9,11H2,1H3,(H,19,21). The number of aromatic amines is 1. The molecule has 3 aromatic rings. The van der Waals surface area contributed by atoms with Crippen LogP contribution in [-0.2, 0) is 11.3 Å². The maximum atomic E-state index is 12.8. The molecule has 2 aromatic heterocycles. The smallest absolute Gasteiger partial charge is 0.280 e. The zero-order valence-corrected chi connectivity index (χ0v) is 14.0. The number of nitrogens with one attached hydrogen (secondary N) is 1. The molecule has 2 heterocycles. The van der Waals surface area contributed by atoms with Gasteiger partial charge >= 0.3 is 0 Å². The number of ether oxygens (including phenoxy) is 1. The second-order valence-corrected chi connectivity index (χ2v) is 6.26. The molecule has 6 nitrogen and oxygen atoms in total. The quantitative estimate of drug-likeness (QED) is 0.745. The molecule has 0 aliphatic rings. The van der Waals surface area contributed by atoms with Crippen molar-refractivity contribution in [3.8, 4) is 0 Å². The zero-order valence-electron chi connectivity index (χ0n) is 13.2. The molecule has 0 fully saturated rings. The van der Waals surface area contributed by atoms with Crippen LogP contribution in [0, 0.1) is 0 Å². The molecule has 1 N–H and O–H groups in total. The number of amides is 1. The Morgan fingerprint density at radius 2 is 2.12 bits per heavy atom. The Morgan fingerprint density at radius 3 is 2.88 bits per heavy atom. The predicted octanol–water partition coefficient (Wildman–Crippen LogP) is 2.27. The molecule has 0 saturated heterocycles.